The molecule has 102 valence electrons. The molecule has 0 radical (unpaired) electrons. The lowest BCUT2D eigenvalue weighted by molar-refractivity contribution is -0.137. The van der Waals surface area contributed by atoms with Gasteiger partial charge in [-0.05, 0) is 24.3 Å². The third-order valence-corrected chi connectivity index (χ3v) is 3.07. The van der Waals surface area contributed by atoms with Crippen molar-refractivity contribution in [2.24, 2.45) is 0 Å². The lowest BCUT2D eigenvalue weighted by Crippen LogP contribution is -2.10. The molecule has 2 heterocycles. The van der Waals surface area contributed by atoms with Gasteiger partial charge < -0.3 is 9.67 Å². The van der Waals surface area contributed by atoms with Gasteiger partial charge in [0.1, 0.15) is 18.3 Å². The Bertz CT molecular complexity index is 860. The van der Waals surface area contributed by atoms with E-state index in [1.165, 1.54) is 6.20 Å². The summed E-state index contributed by atoms with van der Waals surface area (Å²) in [4.78, 5) is 19.7. The first kappa shape index (κ1) is 12.8. The molecule has 0 aliphatic heterocycles. The highest BCUT2D eigenvalue weighted by molar-refractivity contribution is 5.82. The Kier molecular flexibility index (Phi) is 3.09. The largest absolute Gasteiger partial charge is 0.480 e. The molecular weight excluding hydrogens is 268 g/mol. The summed E-state index contributed by atoms with van der Waals surface area (Å²) in [6.45, 7) is -0.197. The first-order chi connectivity index (χ1) is 10.2. The smallest absolute Gasteiger partial charge is 0.323 e. The lowest BCUT2D eigenvalue weighted by atomic mass is 10.2. The third-order valence-electron chi connectivity index (χ3n) is 3.07. The van der Waals surface area contributed by atoms with E-state index in [2.05, 4.69) is 9.97 Å². The summed E-state index contributed by atoms with van der Waals surface area (Å²) in [6.07, 6.45) is 1.44. The summed E-state index contributed by atoms with van der Waals surface area (Å²) in [5, 5.41) is 17.9. The molecule has 0 aliphatic rings. The average molecular weight is 278 g/mol. The Hall–Kier alpha value is -3.20. The number of nitrogens with zero attached hydrogens (tertiary/aromatic N) is 4. The molecule has 6 nitrogen and oxygen atoms in total. The Morgan fingerprint density at radius 1 is 1.29 bits per heavy atom. The van der Waals surface area contributed by atoms with Crippen LogP contribution in [0.15, 0.2) is 42.6 Å². The predicted octanol–water partition coefficient (Wildman–Crippen LogP) is 2.05. The van der Waals surface area contributed by atoms with Gasteiger partial charge in [0.05, 0.1) is 16.6 Å². The maximum atomic E-state index is 11.1. The molecule has 0 bridgehead atoms. The number of imidazole rings is 1. The van der Waals surface area contributed by atoms with E-state index in [1.54, 1.807) is 16.7 Å². The molecule has 0 saturated heterocycles. The van der Waals surface area contributed by atoms with Gasteiger partial charge in [0, 0.05) is 6.20 Å². The fourth-order valence-electron chi connectivity index (χ4n) is 2.16. The van der Waals surface area contributed by atoms with E-state index in [0.717, 1.165) is 5.52 Å². The Morgan fingerprint density at radius 3 is 2.76 bits per heavy atom. The number of hydrogen-bond acceptors (Lipinski definition) is 4. The van der Waals surface area contributed by atoms with Crippen LogP contribution in [-0.4, -0.2) is 25.6 Å². The van der Waals surface area contributed by atoms with Crippen molar-refractivity contribution in [3.63, 3.8) is 0 Å². The second-order valence-corrected chi connectivity index (χ2v) is 4.45. The van der Waals surface area contributed by atoms with Crippen LogP contribution in [0.25, 0.3) is 22.6 Å². The van der Waals surface area contributed by atoms with Crippen molar-refractivity contribution in [2.45, 2.75) is 6.54 Å². The highest BCUT2D eigenvalue weighted by atomic mass is 16.4. The fourth-order valence-corrected chi connectivity index (χ4v) is 2.16. The van der Waals surface area contributed by atoms with E-state index in [-0.39, 0.29) is 6.54 Å². The van der Waals surface area contributed by atoms with Crippen molar-refractivity contribution in [3.05, 3.63) is 48.2 Å². The average Bonchev–Trinajstić information content (AvgIpc) is 2.86. The zero-order valence-corrected chi connectivity index (χ0v) is 10.9. The minimum Gasteiger partial charge on any atom is -0.480 e. The van der Waals surface area contributed by atoms with E-state index < -0.39 is 5.97 Å². The lowest BCUT2D eigenvalue weighted by Gasteiger charge is -2.05. The second kappa shape index (κ2) is 5.06. The molecule has 0 amide bonds. The maximum absolute atomic E-state index is 11.1. The summed E-state index contributed by atoms with van der Waals surface area (Å²) in [6, 6.07) is 12.6. The topological polar surface area (TPSA) is 91.8 Å². The number of pyridine rings is 1. The van der Waals surface area contributed by atoms with E-state index in [9.17, 15) is 4.79 Å². The van der Waals surface area contributed by atoms with Crippen molar-refractivity contribution >= 4 is 17.0 Å². The van der Waals surface area contributed by atoms with E-state index in [1.807, 2.05) is 30.3 Å². The van der Waals surface area contributed by atoms with Gasteiger partial charge in [0.25, 0.3) is 0 Å². The molecule has 1 N–H and O–H groups in total. The van der Waals surface area contributed by atoms with Gasteiger partial charge in [-0.25, -0.2) is 4.98 Å². The van der Waals surface area contributed by atoms with Crippen LogP contribution in [0.3, 0.4) is 0 Å². The van der Waals surface area contributed by atoms with Crippen LogP contribution in [-0.2, 0) is 11.3 Å². The van der Waals surface area contributed by atoms with Crippen LogP contribution >= 0.6 is 0 Å². The molecule has 6 heteroatoms. The predicted molar refractivity (Wildman–Crippen MR) is 75.3 cm³/mol. The van der Waals surface area contributed by atoms with Gasteiger partial charge in [0.15, 0.2) is 5.82 Å². The number of carboxylic acids is 1. The fraction of sp³-hybridized carbons (Fsp3) is 0.0667. The molecule has 0 fully saturated rings. The molecule has 3 rings (SSSR count). The number of para-hydroxylation sites is 2. The molecular formula is C15H10N4O2. The number of nitriles is 1. The van der Waals surface area contributed by atoms with Crippen molar-refractivity contribution in [1.29, 1.82) is 5.26 Å². The molecule has 0 saturated carbocycles. The first-order valence-electron chi connectivity index (χ1n) is 6.22. The molecule has 21 heavy (non-hydrogen) atoms. The minimum atomic E-state index is -0.951. The van der Waals surface area contributed by atoms with Crippen molar-refractivity contribution < 1.29 is 9.90 Å². The number of benzene rings is 1. The number of fused-ring (bicyclic) bond motifs is 1. The number of carbonyl (C=O) groups is 1. The molecule has 0 unspecified atom stereocenters. The number of hydrogen-bond donors (Lipinski definition) is 1. The Morgan fingerprint density at radius 2 is 2.10 bits per heavy atom. The van der Waals surface area contributed by atoms with Gasteiger partial charge >= 0.3 is 5.97 Å². The molecule has 2 aromatic heterocycles. The van der Waals surface area contributed by atoms with E-state index in [0.29, 0.717) is 22.6 Å². The van der Waals surface area contributed by atoms with Crippen LogP contribution in [0.4, 0.5) is 0 Å². The van der Waals surface area contributed by atoms with Crippen molar-refractivity contribution in [2.75, 3.05) is 0 Å². The maximum Gasteiger partial charge on any atom is 0.323 e. The van der Waals surface area contributed by atoms with Gasteiger partial charge in [0.2, 0.25) is 0 Å². The number of rotatable bonds is 3. The van der Waals surface area contributed by atoms with Crippen LogP contribution in [0.1, 0.15) is 5.56 Å². The van der Waals surface area contributed by atoms with Crippen LogP contribution in [0.5, 0.6) is 0 Å². The Labute approximate surface area is 119 Å². The monoisotopic (exact) mass is 278 g/mol. The summed E-state index contributed by atoms with van der Waals surface area (Å²) < 4.78 is 1.60. The summed E-state index contributed by atoms with van der Waals surface area (Å²) in [5.74, 6) is -0.476. The minimum absolute atomic E-state index is 0.197. The van der Waals surface area contributed by atoms with Gasteiger partial charge in [-0.2, -0.15) is 5.26 Å². The normalized spacial score (nSPS) is 10.4. The van der Waals surface area contributed by atoms with Gasteiger partial charge in [-0.3, -0.25) is 9.78 Å². The molecule has 0 aliphatic carbocycles. The third kappa shape index (κ3) is 2.32. The SMILES string of the molecule is N#Cc1ccc(-c2nc3ccccc3n2CC(=O)O)nc1. The van der Waals surface area contributed by atoms with Gasteiger partial charge in [-0.1, -0.05) is 12.1 Å². The summed E-state index contributed by atoms with van der Waals surface area (Å²) in [7, 11) is 0. The van der Waals surface area contributed by atoms with E-state index in [4.69, 9.17) is 10.4 Å². The zero-order valence-electron chi connectivity index (χ0n) is 10.9. The van der Waals surface area contributed by atoms with Crippen LogP contribution < -0.4 is 0 Å². The van der Waals surface area contributed by atoms with E-state index >= 15 is 0 Å². The summed E-state index contributed by atoms with van der Waals surface area (Å²) in [5.41, 5.74) is 2.42. The Balaban J connectivity index is 2.20. The number of aromatic nitrogens is 3. The number of aliphatic carboxylic acids is 1. The van der Waals surface area contributed by atoms with Gasteiger partial charge in [-0.15, -0.1) is 0 Å². The molecule has 1 aromatic carbocycles. The van der Waals surface area contributed by atoms with Crippen molar-refractivity contribution in [3.8, 4) is 17.6 Å². The molecule has 0 atom stereocenters. The molecule has 3 aromatic rings. The zero-order chi connectivity index (χ0) is 14.8. The molecule has 0 spiro atoms. The number of carboxylic acid groups (broad SMARTS) is 1. The highest BCUT2D eigenvalue weighted by Gasteiger charge is 2.15. The van der Waals surface area contributed by atoms with Crippen molar-refractivity contribution in [1.82, 2.24) is 14.5 Å². The first-order valence-corrected chi connectivity index (χ1v) is 6.22. The summed E-state index contributed by atoms with van der Waals surface area (Å²) >= 11 is 0. The standard InChI is InChI=1S/C15H10N4O2/c16-7-10-5-6-12(17-8-10)15-18-11-3-1-2-4-13(11)19(15)9-14(20)21/h1-6,8H,9H2,(H,20,21). The van der Waals surface area contributed by atoms with Crippen LogP contribution in [0, 0.1) is 11.3 Å². The quantitative estimate of drug-likeness (QED) is 0.791. The van der Waals surface area contributed by atoms with Crippen LogP contribution in [0.2, 0.25) is 0 Å². The highest BCUT2D eigenvalue weighted by Crippen LogP contribution is 2.23. The second-order valence-electron chi connectivity index (χ2n) is 4.45.